The van der Waals surface area contributed by atoms with Crippen molar-refractivity contribution in [1.82, 2.24) is 14.4 Å². The highest BCUT2D eigenvalue weighted by Crippen LogP contribution is 2.40. The third kappa shape index (κ3) is 7.03. The largest absolute Gasteiger partial charge is 0.490 e. The van der Waals surface area contributed by atoms with Crippen molar-refractivity contribution >= 4 is 17.6 Å². The summed E-state index contributed by atoms with van der Waals surface area (Å²) in [7, 11) is 0. The predicted octanol–water partition coefficient (Wildman–Crippen LogP) is 7.92. The highest BCUT2D eigenvalue weighted by molar-refractivity contribution is 5.79. The van der Waals surface area contributed by atoms with E-state index in [0.717, 1.165) is 43.7 Å². The van der Waals surface area contributed by atoms with Crippen LogP contribution in [0.3, 0.4) is 0 Å². The van der Waals surface area contributed by atoms with Gasteiger partial charge in [0, 0.05) is 43.1 Å². The molecular weight excluding hydrogens is 618 g/mol. The number of aromatic nitrogens is 3. The van der Waals surface area contributed by atoms with Crippen LogP contribution in [0, 0.1) is 18.6 Å². The summed E-state index contributed by atoms with van der Waals surface area (Å²) in [6, 6.07) is 9.69. The number of aliphatic carboxylic acids is 1. The molecule has 0 saturated carbocycles. The van der Waals surface area contributed by atoms with Crippen molar-refractivity contribution in [2.45, 2.75) is 97.1 Å². The lowest BCUT2D eigenvalue weighted by molar-refractivity contribution is -0.160. The quantitative estimate of drug-likeness (QED) is 0.236. The average molecular weight is 663 g/mol. The lowest BCUT2D eigenvalue weighted by Gasteiger charge is -2.41. The van der Waals surface area contributed by atoms with Crippen LogP contribution in [0.1, 0.15) is 84.1 Å². The van der Waals surface area contributed by atoms with Crippen molar-refractivity contribution in [2.24, 2.45) is 0 Å². The maximum Gasteiger partial charge on any atom is 0.337 e. The number of hydrogen-bond acceptors (Lipinski definition) is 7. The zero-order valence-electron chi connectivity index (χ0n) is 28.5. The number of fused-ring (bicyclic) bond motifs is 8. The molecule has 2 aromatic heterocycles. The summed E-state index contributed by atoms with van der Waals surface area (Å²) in [4.78, 5) is 24.7. The number of hydrogen-bond donors (Lipinski definition) is 1. The number of carbonyl (C=O) groups is 1. The molecule has 48 heavy (non-hydrogen) atoms. The van der Waals surface area contributed by atoms with Crippen molar-refractivity contribution in [3.05, 3.63) is 65.5 Å². The molecule has 0 aliphatic carbocycles. The van der Waals surface area contributed by atoms with E-state index in [9.17, 15) is 18.7 Å². The van der Waals surface area contributed by atoms with Crippen molar-refractivity contribution in [3.63, 3.8) is 0 Å². The number of halogens is 2. The fourth-order valence-corrected chi connectivity index (χ4v) is 6.62. The van der Waals surface area contributed by atoms with Crippen LogP contribution in [0.2, 0.25) is 0 Å². The number of ether oxygens (including phenoxy) is 3. The summed E-state index contributed by atoms with van der Waals surface area (Å²) in [5.74, 6) is -1.69. The van der Waals surface area contributed by atoms with Crippen LogP contribution >= 0.6 is 0 Å². The SMILES string of the molecule is Cc1nc2nc3cn2c(c1[C@H](OC(C)(C)C)C(=O)O)N1CCC(C)(CC1)OCCCC[C@H](C)Oc1cc(F)c(F)cc1-c1cccc-3c1. The molecule has 0 spiro atoms. The smallest absolute Gasteiger partial charge is 0.337 e. The Morgan fingerprint density at radius 3 is 2.50 bits per heavy atom. The molecule has 256 valence electrons. The number of carboxylic acid groups (broad SMARTS) is 1. The lowest BCUT2D eigenvalue weighted by Crippen LogP contribution is -2.45. The van der Waals surface area contributed by atoms with Crippen molar-refractivity contribution < 1.29 is 32.9 Å². The molecule has 2 atom stereocenters. The van der Waals surface area contributed by atoms with E-state index in [1.54, 1.807) is 6.92 Å². The van der Waals surface area contributed by atoms with E-state index in [0.29, 0.717) is 59.4 Å². The van der Waals surface area contributed by atoms with E-state index in [2.05, 4.69) is 11.8 Å². The zero-order chi connectivity index (χ0) is 34.4. The van der Waals surface area contributed by atoms with Crippen molar-refractivity contribution in [3.8, 4) is 28.1 Å². The molecule has 11 heteroatoms. The fraction of sp³-hybridized carbons (Fsp3) is 0.486. The predicted molar refractivity (Wildman–Crippen MR) is 179 cm³/mol. The summed E-state index contributed by atoms with van der Waals surface area (Å²) in [5.41, 5.74) is 2.30. The van der Waals surface area contributed by atoms with E-state index in [1.165, 1.54) is 6.07 Å². The van der Waals surface area contributed by atoms with Gasteiger partial charge in [0.15, 0.2) is 17.7 Å². The number of benzene rings is 2. The number of anilines is 1. The number of piperidine rings is 1. The van der Waals surface area contributed by atoms with Crippen LogP contribution in [0.4, 0.5) is 14.6 Å². The Balaban J connectivity index is 1.54. The van der Waals surface area contributed by atoms with E-state index < -0.39 is 29.3 Å². The van der Waals surface area contributed by atoms with Crippen LogP contribution in [0.25, 0.3) is 28.2 Å². The molecule has 5 heterocycles. The number of nitrogens with zero attached hydrogens (tertiary/aromatic N) is 4. The average Bonchev–Trinajstić information content (AvgIpc) is 3.44. The molecule has 6 bridgehead atoms. The second-order valence-corrected chi connectivity index (χ2v) is 14.2. The van der Waals surface area contributed by atoms with Gasteiger partial charge in [-0.25, -0.2) is 23.5 Å². The fourth-order valence-electron chi connectivity index (χ4n) is 6.62. The molecule has 1 fully saturated rings. The minimum atomic E-state index is -1.27. The van der Waals surface area contributed by atoms with Crippen LogP contribution < -0.4 is 9.64 Å². The molecule has 1 N–H and O–H groups in total. The molecule has 0 radical (unpaired) electrons. The number of aryl methyl sites for hydroxylation is 1. The number of rotatable bonds is 3. The Hall–Kier alpha value is -4.09. The second-order valence-electron chi connectivity index (χ2n) is 14.2. The van der Waals surface area contributed by atoms with E-state index >= 15 is 0 Å². The van der Waals surface area contributed by atoms with E-state index in [-0.39, 0.29) is 17.5 Å². The molecule has 4 aromatic rings. The summed E-state index contributed by atoms with van der Waals surface area (Å²) in [5, 5.41) is 10.5. The Morgan fingerprint density at radius 2 is 1.79 bits per heavy atom. The van der Waals surface area contributed by atoms with Crippen LogP contribution in [-0.2, 0) is 14.3 Å². The van der Waals surface area contributed by atoms with Gasteiger partial charge in [-0.05, 0) is 91.3 Å². The van der Waals surface area contributed by atoms with Crippen LogP contribution in [0.15, 0.2) is 42.6 Å². The van der Waals surface area contributed by atoms with Gasteiger partial charge in [0.1, 0.15) is 11.6 Å². The van der Waals surface area contributed by atoms with Crippen molar-refractivity contribution in [2.75, 3.05) is 24.6 Å². The van der Waals surface area contributed by atoms with Gasteiger partial charge in [-0.3, -0.25) is 4.40 Å². The summed E-state index contributed by atoms with van der Waals surface area (Å²) in [6.07, 6.45) is 4.25. The Kier molecular flexibility index (Phi) is 9.21. The van der Waals surface area contributed by atoms with Gasteiger partial charge in [0.25, 0.3) is 0 Å². The van der Waals surface area contributed by atoms with Gasteiger partial charge in [0.2, 0.25) is 5.78 Å². The van der Waals surface area contributed by atoms with Gasteiger partial charge in [-0.2, -0.15) is 0 Å². The summed E-state index contributed by atoms with van der Waals surface area (Å²) in [6.45, 7) is 13.2. The Bertz CT molecular complexity index is 1830. The normalized spacial score (nSPS) is 21.2. The van der Waals surface area contributed by atoms with Gasteiger partial charge >= 0.3 is 5.97 Å². The first-order chi connectivity index (χ1) is 22.7. The van der Waals surface area contributed by atoms with E-state index in [4.69, 9.17) is 24.2 Å². The molecule has 0 unspecified atom stereocenters. The molecule has 9 nitrogen and oxygen atoms in total. The zero-order valence-corrected chi connectivity index (χ0v) is 28.5. The molecule has 1 saturated heterocycles. The summed E-state index contributed by atoms with van der Waals surface area (Å²) >= 11 is 0. The topological polar surface area (TPSA) is 98.4 Å². The van der Waals surface area contributed by atoms with Gasteiger partial charge in [0.05, 0.1) is 34.3 Å². The Morgan fingerprint density at radius 1 is 1.08 bits per heavy atom. The molecule has 2 aromatic carbocycles. The van der Waals surface area contributed by atoms with Crippen LogP contribution in [0.5, 0.6) is 5.75 Å². The first-order valence-electron chi connectivity index (χ1n) is 16.7. The van der Waals surface area contributed by atoms with Gasteiger partial charge in [-0.1, -0.05) is 18.2 Å². The van der Waals surface area contributed by atoms with E-state index in [1.807, 2.05) is 62.6 Å². The Labute approximate surface area is 279 Å². The van der Waals surface area contributed by atoms with Gasteiger partial charge < -0.3 is 24.2 Å². The molecule has 0 amide bonds. The second kappa shape index (κ2) is 13.1. The third-order valence-corrected chi connectivity index (χ3v) is 9.17. The highest BCUT2D eigenvalue weighted by atomic mass is 19.2. The molecule has 7 rings (SSSR count). The third-order valence-electron chi connectivity index (χ3n) is 9.17. The monoisotopic (exact) mass is 662 g/mol. The first-order valence-corrected chi connectivity index (χ1v) is 16.7. The minimum Gasteiger partial charge on any atom is -0.490 e. The van der Waals surface area contributed by atoms with Crippen LogP contribution in [-0.4, -0.2) is 62.4 Å². The molecular formula is C37H44F2N4O5. The standard InChI is InChI=1S/C37H44F2N4O5/c1-22-10-7-8-17-46-37(6)13-15-42(16-14-37)33-31(32(34(44)45)48-36(3,4)5)23(2)40-35-41-29(21-43(33)35)25-12-9-11-24(18-25)26-19-27(38)28(39)20-30(26)47-22/h9,11-12,18-22,32H,7-8,10,13-17H2,1-6H3,(H,44,45)/t22-,32-/m0/s1. The van der Waals surface area contributed by atoms with Crippen molar-refractivity contribution in [1.29, 1.82) is 0 Å². The number of imidazole rings is 1. The van der Waals surface area contributed by atoms with Gasteiger partial charge in [-0.15, -0.1) is 0 Å². The first kappa shape index (κ1) is 33.8. The number of carboxylic acids is 1. The highest BCUT2D eigenvalue weighted by Gasteiger charge is 2.37. The maximum absolute atomic E-state index is 14.6. The molecule has 3 aliphatic rings. The molecule has 3 aliphatic heterocycles. The maximum atomic E-state index is 14.6. The lowest BCUT2D eigenvalue weighted by atomic mass is 9.92. The minimum absolute atomic E-state index is 0.224. The summed E-state index contributed by atoms with van der Waals surface area (Å²) < 4.78 is 49.8.